The Balaban J connectivity index is 3.19. The van der Waals surface area contributed by atoms with Crippen LogP contribution in [0.1, 0.15) is 12.5 Å². The van der Waals surface area contributed by atoms with Crippen molar-refractivity contribution < 1.29 is 9.84 Å². The van der Waals surface area contributed by atoms with Crippen molar-refractivity contribution >= 4 is 15.9 Å². The van der Waals surface area contributed by atoms with Gasteiger partial charge in [-0.2, -0.15) is 0 Å². The van der Waals surface area contributed by atoms with E-state index in [1.807, 2.05) is 12.1 Å². The van der Waals surface area contributed by atoms with Crippen LogP contribution in [0.5, 0.6) is 11.5 Å². The zero-order valence-corrected chi connectivity index (χ0v) is 8.68. The molecule has 1 N–H and O–H groups in total. The lowest BCUT2D eigenvalue weighted by atomic mass is 10.1. The van der Waals surface area contributed by atoms with Crippen LogP contribution in [0, 0.1) is 0 Å². The normalized spacial score (nSPS) is 9.92. The fourth-order valence-electron chi connectivity index (χ4n) is 0.987. The molecule has 1 rings (SSSR count). The van der Waals surface area contributed by atoms with E-state index in [1.54, 1.807) is 7.11 Å². The molecule has 0 saturated carbocycles. The summed E-state index contributed by atoms with van der Waals surface area (Å²) in [6.07, 6.45) is 0.926. The van der Waals surface area contributed by atoms with Gasteiger partial charge in [-0.3, -0.25) is 0 Å². The van der Waals surface area contributed by atoms with E-state index in [9.17, 15) is 5.11 Å². The van der Waals surface area contributed by atoms with Gasteiger partial charge in [0.05, 0.1) is 11.6 Å². The maximum Gasteiger partial charge on any atom is 0.172 e. The van der Waals surface area contributed by atoms with Gasteiger partial charge >= 0.3 is 0 Å². The van der Waals surface area contributed by atoms with E-state index in [-0.39, 0.29) is 5.75 Å². The lowest BCUT2D eigenvalue weighted by Crippen LogP contribution is -1.87. The number of benzene rings is 1. The summed E-state index contributed by atoms with van der Waals surface area (Å²) in [6, 6.07) is 3.72. The van der Waals surface area contributed by atoms with E-state index in [0.29, 0.717) is 10.2 Å². The van der Waals surface area contributed by atoms with Gasteiger partial charge in [-0.15, -0.1) is 0 Å². The minimum absolute atomic E-state index is 0.162. The quantitative estimate of drug-likeness (QED) is 0.847. The van der Waals surface area contributed by atoms with Gasteiger partial charge in [0.25, 0.3) is 0 Å². The highest BCUT2D eigenvalue weighted by atomic mass is 79.9. The number of phenols is 1. The van der Waals surface area contributed by atoms with E-state index in [4.69, 9.17) is 4.74 Å². The van der Waals surface area contributed by atoms with Gasteiger partial charge in [-0.05, 0) is 40.0 Å². The fraction of sp³-hybridized carbons (Fsp3) is 0.333. The molecule has 0 fully saturated rings. The van der Waals surface area contributed by atoms with Gasteiger partial charge in [0.1, 0.15) is 0 Å². The second-order valence-electron chi connectivity index (χ2n) is 2.48. The molecule has 0 aliphatic carbocycles. The smallest absolute Gasteiger partial charge is 0.172 e. The molecule has 0 bridgehead atoms. The van der Waals surface area contributed by atoms with Crippen molar-refractivity contribution in [3.63, 3.8) is 0 Å². The van der Waals surface area contributed by atoms with Gasteiger partial charge in [0, 0.05) is 0 Å². The number of ether oxygens (including phenoxy) is 1. The van der Waals surface area contributed by atoms with Gasteiger partial charge in [-0.1, -0.05) is 6.92 Å². The Morgan fingerprint density at radius 1 is 1.50 bits per heavy atom. The van der Waals surface area contributed by atoms with Crippen LogP contribution in [-0.2, 0) is 6.42 Å². The summed E-state index contributed by atoms with van der Waals surface area (Å²) in [5.74, 6) is 0.677. The van der Waals surface area contributed by atoms with Crippen molar-refractivity contribution in [3.05, 3.63) is 22.2 Å². The second kappa shape index (κ2) is 3.81. The summed E-state index contributed by atoms with van der Waals surface area (Å²) in [5.41, 5.74) is 1.14. The van der Waals surface area contributed by atoms with Crippen LogP contribution in [0.3, 0.4) is 0 Å². The number of hydrogen-bond acceptors (Lipinski definition) is 2. The van der Waals surface area contributed by atoms with E-state index in [0.717, 1.165) is 12.0 Å². The number of aryl methyl sites for hydroxylation is 1. The first-order chi connectivity index (χ1) is 5.69. The molecule has 0 heterocycles. The third-order valence-corrected chi connectivity index (χ3v) is 2.32. The Morgan fingerprint density at radius 3 is 2.67 bits per heavy atom. The van der Waals surface area contributed by atoms with Crippen LogP contribution in [-0.4, -0.2) is 12.2 Å². The summed E-state index contributed by atoms with van der Waals surface area (Å²) in [6.45, 7) is 2.05. The van der Waals surface area contributed by atoms with Gasteiger partial charge in [-0.25, -0.2) is 0 Å². The van der Waals surface area contributed by atoms with Crippen molar-refractivity contribution in [2.24, 2.45) is 0 Å². The van der Waals surface area contributed by atoms with Crippen LogP contribution < -0.4 is 4.74 Å². The molecule has 66 valence electrons. The molecule has 3 heteroatoms. The average Bonchev–Trinajstić information content (AvgIpc) is 2.09. The molecule has 12 heavy (non-hydrogen) atoms. The van der Waals surface area contributed by atoms with Crippen LogP contribution in [0.4, 0.5) is 0 Å². The molecule has 0 amide bonds. The largest absolute Gasteiger partial charge is 0.503 e. The van der Waals surface area contributed by atoms with Crippen LogP contribution in [0.2, 0.25) is 0 Å². The highest BCUT2D eigenvalue weighted by molar-refractivity contribution is 9.10. The third-order valence-electron chi connectivity index (χ3n) is 1.72. The Hall–Kier alpha value is -0.700. The monoisotopic (exact) mass is 230 g/mol. The molecule has 0 unspecified atom stereocenters. The summed E-state index contributed by atoms with van der Waals surface area (Å²) in [7, 11) is 1.54. The van der Waals surface area contributed by atoms with Gasteiger partial charge in [0.2, 0.25) is 0 Å². The third kappa shape index (κ3) is 1.72. The van der Waals surface area contributed by atoms with Crippen LogP contribution >= 0.6 is 15.9 Å². The van der Waals surface area contributed by atoms with Crippen molar-refractivity contribution in [2.75, 3.05) is 7.11 Å². The summed E-state index contributed by atoms with van der Waals surface area (Å²) in [5, 5.41) is 9.45. The van der Waals surface area contributed by atoms with Gasteiger partial charge in [0.15, 0.2) is 11.5 Å². The topological polar surface area (TPSA) is 29.5 Å². The van der Waals surface area contributed by atoms with Crippen LogP contribution in [0.15, 0.2) is 16.6 Å². The molecule has 0 saturated heterocycles. The number of methoxy groups -OCH3 is 1. The Bertz CT molecular complexity index is 284. The molecule has 1 aromatic rings. The van der Waals surface area contributed by atoms with E-state index in [1.165, 1.54) is 0 Å². The van der Waals surface area contributed by atoms with Crippen molar-refractivity contribution in [1.82, 2.24) is 0 Å². The number of rotatable bonds is 2. The summed E-state index contributed by atoms with van der Waals surface area (Å²) in [4.78, 5) is 0. The predicted molar refractivity (Wildman–Crippen MR) is 51.7 cm³/mol. The predicted octanol–water partition coefficient (Wildman–Crippen LogP) is 2.73. The van der Waals surface area contributed by atoms with Crippen LogP contribution in [0.25, 0.3) is 0 Å². The number of hydrogen-bond donors (Lipinski definition) is 1. The molecule has 0 radical (unpaired) electrons. The Labute approximate surface area is 80.3 Å². The minimum Gasteiger partial charge on any atom is -0.503 e. The first-order valence-electron chi connectivity index (χ1n) is 3.74. The van der Waals surface area contributed by atoms with E-state index in [2.05, 4.69) is 22.9 Å². The molecule has 0 atom stereocenters. The molecular formula is C9H11BrO2. The number of aromatic hydroxyl groups is 1. The van der Waals surface area contributed by atoms with Crippen molar-refractivity contribution in [1.29, 1.82) is 0 Å². The molecule has 1 aromatic carbocycles. The zero-order valence-electron chi connectivity index (χ0n) is 7.10. The zero-order chi connectivity index (χ0) is 9.14. The van der Waals surface area contributed by atoms with Crippen molar-refractivity contribution in [2.45, 2.75) is 13.3 Å². The SMILES string of the molecule is CCc1cc(Br)c(O)c(OC)c1. The first kappa shape index (κ1) is 9.39. The van der Waals surface area contributed by atoms with E-state index >= 15 is 0 Å². The number of halogens is 1. The summed E-state index contributed by atoms with van der Waals surface area (Å²) >= 11 is 3.25. The number of phenolic OH excluding ortho intramolecular Hbond substituents is 1. The van der Waals surface area contributed by atoms with Crippen molar-refractivity contribution in [3.8, 4) is 11.5 Å². The minimum atomic E-state index is 0.162. The molecule has 0 aliphatic rings. The fourth-order valence-corrected chi connectivity index (χ4v) is 1.48. The Kier molecular flexibility index (Phi) is 2.98. The molecule has 0 aliphatic heterocycles. The molecule has 0 spiro atoms. The maximum absolute atomic E-state index is 9.45. The maximum atomic E-state index is 9.45. The first-order valence-corrected chi connectivity index (χ1v) is 4.53. The summed E-state index contributed by atoms with van der Waals surface area (Å²) < 4.78 is 5.67. The Morgan fingerprint density at radius 2 is 2.17 bits per heavy atom. The van der Waals surface area contributed by atoms with Gasteiger partial charge < -0.3 is 9.84 Å². The van der Waals surface area contributed by atoms with E-state index < -0.39 is 0 Å². The highest BCUT2D eigenvalue weighted by Gasteiger charge is 2.06. The highest BCUT2D eigenvalue weighted by Crippen LogP contribution is 2.35. The second-order valence-corrected chi connectivity index (χ2v) is 3.34. The standard InChI is InChI=1S/C9H11BrO2/c1-3-6-4-7(10)9(11)8(5-6)12-2/h4-5,11H,3H2,1-2H3. The molecule has 0 aromatic heterocycles. The molecular weight excluding hydrogens is 220 g/mol. The lowest BCUT2D eigenvalue weighted by molar-refractivity contribution is 0.371. The average molecular weight is 231 g/mol. The molecule has 2 nitrogen and oxygen atoms in total. The lowest BCUT2D eigenvalue weighted by Gasteiger charge is -2.06.